The van der Waals surface area contributed by atoms with Crippen LogP contribution in [-0.4, -0.2) is 23.3 Å². The Balaban J connectivity index is 1.91. The van der Waals surface area contributed by atoms with E-state index in [1.165, 1.54) is 12.1 Å². The average molecular weight is 406 g/mol. The van der Waals surface area contributed by atoms with E-state index in [0.29, 0.717) is 29.1 Å². The van der Waals surface area contributed by atoms with Crippen LogP contribution < -0.4 is 0 Å². The first-order valence-electron chi connectivity index (χ1n) is 10.0. The average Bonchev–Trinajstić information content (AvgIpc) is 3.20. The van der Waals surface area contributed by atoms with Crippen molar-refractivity contribution in [3.8, 4) is 17.4 Å². The molecule has 0 spiro atoms. The van der Waals surface area contributed by atoms with Gasteiger partial charge in [-0.15, -0.1) is 0 Å². The van der Waals surface area contributed by atoms with Crippen LogP contribution in [0.4, 0.5) is 4.39 Å². The summed E-state index contributed by atoms with van der Waals surface area (Å²) in [4.78, 5) is 26.7. The summed E-state index contributed by atoms with van der Waals surface area (Å²) in [6.45, 7) is 3.96. The van der Waals surface area contributed by atoms with Gasteiger partial charge in [-0.05, 0) is 61.4 Å². The summed E-state index contributed by atoms with van der Waals surface area (Å²) in [5.41, 5.74) is 1.29. The number of carbonyl (C=O) groups excluding carboxylic acids is 2. The zero-order valence-corrected chi connectivity index (χ0v) is 17.1. The summed E-state index contributed by atoms with van der Waals surface area (Å²) in [5.74, 6) is -0.365. The smallest absolute Gasteiger partial charge is 0.271 e. The summed E-state index contributed by atoms with van der Waals surface area (Å²) in [6.07, 6.45) is 5.23. The molecule has 1 aliphatic rings. The fourth-order valence-electron chi connectivity index (χ4n) is 3.37. The third-order valence-electron chi connectivity index (χ3n) is 5.10. The Bertz CT molecular complexity index is 1050. The number of amides is 2. The normalized spacial score (nSPS) is 15.8. The van der Waals surface area contributed by atoms with Crippen LogP contribution >= 0.6 is 0 Å². The van der Waals surface area contributed by atoms with Crippen molar-refractivity contribution in [2.24, 2.45) is 0 Å². The second-order valence-corrected chi connectivity index (χ2v) is 7.20. The van der Waals surface area contributed by atoms with Crippen molar-refractivity contribution in [3.63, 3.8) is 0 Å². The van der Waals surface area contributed by atoms with Crippen molar-refractivity contribution in [2.45, 2.75) is 39.5 Å². The van der Waals surface area contributed by atoms with E-state index in [2.05, 4.69) is 6.92 Å². The first kappa shape index (κ1) is 21.3. The molecule has 2 aromatic rings. The Morgan fingerprint density at radius 1 is 1.07 bits per heavy atom. The topological polar surface area (TPSA) is 74.3 Å². The van der Waals surface area contributed by atoms with Crippen LogP contribution in [0.5, 0.6) is 0 Å². The highest BCUT2D eigenvalue weighted by atomic mass is 19.1. The molecule has 1 aromatic heterocycles. The van der Waals surface area contributed by atoms with Crippen molar-refractivity contribution in [1.29, 1.82) is 5.26 Å². The minimum atomic E-state index is -0.542. The lowest BCUT2D eigenvalue weighted by Crippen LogP contribution is -2.43. The Labute approximate surface area is 175 Å². The highest BCUT2D eigenvalue weighted by molar-refractivity contribution is 6.19. The minimum Gasteiger partial charge on any atom is -0.457 e. The van der Waals surface area contributed by atoms with Gasteiger partial charge in [-0.25, -0.2) is 4.39 Å². The number of hydrogen-bond donors (Lipinski definition) is 0. The Morgan fingerprint density at radius 2 is 1.80 bits per heavy atom. The number of halogens is 1. The van der Waals surface area contributed by atoms with Gasteiger partial charge in [0.15, 0.2) is 0 Å². The number of nitrogens with zero attached hydrogens (tertiary/aromatic N) is 2. The number of hydrogen-bond acceptors (Lipinski definition) is 4. The molecule has 0 N–H and O–H groups in total. The van der Waals surface area contributed by atoms with Crippen molar-refractivity contribution in [2.75, 3.05) is 6.54 Å². The van der Waals surface area contributed by atoms with E-state index in [1.807, 2.05) is 6.07 Å². The predicted molar refractivity (Wildman–Crippen MR) is 111 cm³/mol. The number of imide groups is 1. The van der Waals surface area contributed by atoms with Crippen molar-refractivity contribution in [3.05, 3.63) is 64.7 Å². The number of benzene rings is 1. The number of carbonyl (C=O) groups is 2. The molecule has 30 heavy (non-hydrogen) atoms. The van der Waals surface area contributed by atoms with E-state index >= 15 is 0 Å². The lowest BCUT2D eigenvalue weighted by atomic mass is 9.94. The Morgan fingerprint density at radius 3 is 2.47 bits per heavy atom. The number of rotatable bonds is 7. The van der Waals surface area contributed by atoms with Crippen LogP contribution in [0.1, 0.15) is 45.3 Å². The monoisotopic (exact) mass is 406 g/mol. The molecule has 2 heterocycles. The lowest BCUT2D eigenvalue weighted by Gasteiger charge is -2.27. The van der Waals surface area contributed by atoms with E-state index in [-0.39, 0.29) is 23.5 Å². The molecule has 1 aliphatic heterocycles. The molecule has 1 aromatic carbocycles. The molecular weight excluding hydrogens is 383 g/mol. The summed E-state index contributed by atoms with van der Waals surface area (Å²) in [7, 11) is 0. The van der Waals surface area contributed by atoms with Gasteiger partial charge in [0.2, 0.25) is 0 Å². The van der Waals surface area contributed by atoms with E-state index in [0.717, 1.165) is 24.2 Å². The highest BCUT2D eigenvalue weighted by Gasteiger charge is 2.35. The first-order valence-corrected chi connectivity index (χ1v) is 10.0. The van der Waals surface area contributed by atoms with Gasteiger partial charge in [0.05, 0.1) is 0 Å². The molecule has 3 rings (SSSR count). The molecule has 6 heteroatoms. The zero-order chi connectivity index (χ0) is 21.7. The van der Waals surface area contributed by atoms with Crippen molar-refractivity contribution < 1.29 is 18.4 Å². The van der Waals surface area contributed by atoms with Gasteiger partial charge < -0.3 is 4.42 Å². The number of nitriles is 1. The maximum atomic E-state index is 13.1. The van der Waals surface area contributed by atoms with Gasteiger partial charge in [0, 0.05) is 17.7 Å². The third kappa shape index (κ3) is 4.41. The summed E-state index contributed by atoms with van der Waals surface area (Å²) < 4.78 is 18.9. The Kier molecular flexibility index (Phi) is 6.63. The molecule has 154 valence electrons. The van der Waals surface area contributed by atoms with E-state index in [1.54, 1.807) is 37.3 Å². The molecule has 0 radical (unpaired) electrons. The fraction of sp³-hybridized carbons (Fsp3) is 0.292. The van der Waals surface area contributed by atoms with E-state index in [4.69, 9.17) is 4.42 Å². The number of furan rings is 1. The molecule has 0 saturated heterocycles. The summed E-state index contributed by atoms with van der Waals surface area (Å²) >= 11 is 0. The van der Waals surface area contributed by atoms with Crippen LogP contribution in [0.3, 0.4) is 0 Å². The lowest BCUT2D eigenvalue weighted by molar-refractivity contribution is -0.140. The molecule has 0 saturated carbocycles. The SMILES string of the molecule is CCCCCCN1C(=O)C(C#N)=C(C)/C(=C\c2ccc(-c3ccc(F)cc3)o2)C1=O. The van der Waals surface area contributed by atoms with Crippen LogP contribution in [0.2, 0.25) is 0 Å². The van der Waals surface area contributed by atoms with Gasteiger partial charge in [-0.1, -0.05) is 26.2 Å². The standard InChI is InChI=1S/C24H23FN2O3/c1-3-4-5-6-13-27-23(28)20(16(2)21(15-26)24(27)29)14-19-11-12-22(30-19)17-7-9-18(25)10-8-17/h7-12,14H,3-6,13H2,1-2H3/b20-14+. The summed E-state index contributed by atoms with van der Waals surface area (Å²) in [6, 6.07) is 11.3. The third-order valence-corrected chi connectivity index (χ3v) is 5.10. The molecule has 0 bridgehead atoms. The van der Waals surface area contributed by atoms with Gasteiger partial charge in [0.1, 0.15) is 29.0 Å². The van der Waals surface area contributed by atoms with Gasteiger partial charge in [-0.2, -0.15) is 5.26 Å². The minimum absolute atomic E-state index is 0.0262. The van der Waals surface area contributed by atoms with Crippen LogP contribution in [0.25, 0.3) is 17.4 Å². The highest BCUT2D eigenvalue weighted by Crippen LogP contribution is 2.29. The maximum Gasteiger partial charge on any atom is 0.271 e. The van der Waals surface area contributed by atoms with Crippen LogP contribution in [0, 0.1) is 17.1 Å². The zero-order valence-electron chi connectivity index (χ0n) is 17.1. The molecule has 0 aliphatic carbocycles. The summed E-state index contributed by atoms with van der Waals surface area (Å²) in [5, 5.41) is 9.46. The van der Waals surface area contributed by atoms with Gasteiger partial charge in [-0.3, -0.25) is 14.5 Å². The Hall–Kier alpha value is -3.46. The van der Waals surface area contributed by atoms with E-state index in [9.17, 15) is 19.2 Å². The van der Waals surface area contributed by atoms with E-state index < -0.39 is 11.8 Å². The molecule has 0 unspecified atom stereocenters. The maximum absolute atomic E-state index is 13.1. The van der Waals surface area contributed by atoms with Crippen LogP contribution in [-0.2, 0) is 9.59 Å². The molecule has 2 amide bonds. The largest absolute Gasteiger partial charge is 0.457 e. The van der Waals surface area contributed by atoms with Gasteiger partial charge in [0.25, 0.3) is 11.8 Å². The van der Waals surface area contributed by atoms with Crippen molar-refractivity contribution in [1.82, 2.24) is 4.90 Å². The fourth-order valence-corrected chi connectivity index (χ4v) is 3.37. The molecule has 0 atom stereocenters. The first-order chi connectivity index (χ1) is 14.5. The quantitative estimate of drug-likeness (QED) is 0.357. The molecule has 5 nitrogen and oxygen atoms in total. The van der Waals surface area contributed by atoms with Crippen LogP contribution in [0.15, 0.2) is 57.5 Å². The molecule has 0 fully saturated rings. The molecular formula is C24H23FN2O3. The number of unbranched alkanes of at least 4 members (excludes halogenated alkanes) is 3. The second-order valence-electron chi connectivity index (χ2n) is 7.20. The van der Waals surface area contributed by atoms with Gasteiger partial charge >= 0.3 is 0 Å². The second kappa shape index (κ2) is 9.36. The van der Waals surface area contributed by atoms with Crippen molar-refractivity contribution >= 4 is 17.9 Å². The predicted octanol–water partition coefficient (Wildman–Crippen LogP) is 5.26.